The molecule has 0 bridgehead atoms. The van der Waals surface area contributed by atoms with Gasteiger partial charge in [0.05, 0.1) is 0 Å². The van der Waals surface area contributed by atoms with E-state index >= 15 is 0 Å². The van der Waals surface area contributed by atoms with Gasteiger partial charge in [-0.25, -0.2) is 0 Å². The maximum atomic E-state index is 3.66. The van der Waals surface area contributed by atoms with Crippen molar-refractivity contribution in [3.63, 3.8) is 0 Å². The molecule has 0 heteroatoms. The molecule has 0 fully saturated rings. The van der Waals surface area contributed by atoms with Crippen LogP contribution in [0.3, 0.4) is 0 Å². The van der Waals surface area contributed by atoms with Gasteiger partial charge in [-0.15, -0.1) is 32.9 Å². The largest absolute Gasteiger partial charge is 0.103 e. The summed E-state index contributed by atoms with van der Waals surface area (Å²) in [5.74, 6) is 0. The van der Waals surface area contributed by atoms with Crippen molar-refractivity contribution in [1.29, 1.82) is 0 Å². The topological polar surface area (TPSA) is 0 Å². The van der Waals surface area contributed by atoms with Crippen LogP contribution in [-0.4, -0.2) is 0 Å². The van der Waals surface area contributed by atoms with Crippen LogP contribution in [0.5, 0.6) is 0 Å². The Morgan fingerprint density at radius 1 is 0.367 bits per heavy atom. The van der Waals surface area contributed by atoms with Gasteiger partial charge in [0.2, 0.25) is 0 Å². The quantitative estimate of drug-likeness (QED) is 0.182. The van der Waals surface area contributed by atoms with Gasteiger partial charge in [-0.2, -0.15) is 0 Å². The second-order valence-electron chi connectivity index (χ2n) is 7.13. The van der Waals surface area contributed by atoms with Gasteiger partial charge in [0.15, 0.2) is 0 Å². The second-order valence-corrected chi connectivity index (χ2v) is 7.13. The molecular formula is C30H60. The van der Waals surface area contributed by atoms with Gasteiger partial charge < -0.3 is 0 Å². The van der Waals surface area contributed by atoms with Crippen LogP contribution in [-0.2, 0) is 0 Å². The van der Waals surface area contributed by atoms with E-state index in [1.807, 2.05) is 30.4 Å². The number of hydrogen-bond acceptors (Lipinski definition) is 0. The summed E-state index contributed by atoms with van der Waals surface area (Å²) >= 11 is 0. The summed E-state index contributed by atoms with van der Waals surface area (Å²) in [6.07, 6.45) is 28.8. The van der Waals surface area contributed by atoms with Crippen molar-refractivity contribution in [3.8, 4) is 0 Å². The zero-order valence-electron chi connectivity index (χ0n) is 22.0. The molecule has 0 N–H and O–H groups in total. The Morgan fingerprint density at radius 3 is 0.933 bits per heavy atom. The average molecular weight is 421 g/mol. The zero-order chi connectivity index (χ0) is 24.1. The Balaban J connectivity index is -0.0000000886. The molecule has 0 unspecified atom stereocenters. The van der Waals surface area contributed by atoms with Gasteiger partial charge in [-0.1, -0.05) is 116 Å². The molecule has 0 amide bonds. The summed E-state index contributed by atoms with van der Waals surface area (Å²) < 4.78 is 0. The van der Waals surface area contributed by atoms with Crippen LogP contribution in [0.4, 0.5) is 0 Å². The van der Waals surface area contributed by atoms with Crippen molar-refractivity contribution in [2.24, 2.45) is 0 Å². The number of rotatable bonds is 15. The van der Waals surface area contributed by atoms with E-state index in [1.54, 1.807) is 0 Å². The van der Waals surface area contributed by atoms with Crippen LogP contribution in [0.15, 0.2) is 63.3 Å². The molecule has 30 heavy (non-hydrogen) atoms. The minimum absolute atomic E-state index is 1.08. The van der Waals surface area contributed by atoms with E-state index in [-0.39, 0.29) is 0 Å². The highest BCUT2D eigenvalue weighted by Crippen LogP contribution is 2.01. The van der Waals surface area contributed by atoms with E-state index in [0.717, 1.165) is 12.8 Å². The molecule has 0 heterocycles. The number of hydrogen-bond donors (Lipinski definition) is 0. The third-order valence-corrected chi connectivity index (χ3v) is 3.82. The Labute approximate surface area is 194 Å². The molecular weight excluding hydrogens is 360 g/mol. The van der Waals surface area contributed by atoms with E-state index in [0.29, 0.717) is 0 Å². The molecule has 0 aromatic rings. The SMILES string of the molecule is C=CCC.C=CCCC.C=CCCCC.C=CCCCCC.C=CCCCCCC. The third kappa shape index (κ3) is 94.0. The molecule has 0 saturated heterocycles. The van der Waals surface area contributed by atoms with Crippen LogP contribution in [0.2, 0.25) is 0 Å². The maximum absolute atomic E-state index is 3.66. The van der Waals surface area contributed by atoms with E-state index in [2.05, 4.69) is 67.5 Å². The Bertz CT molecular complexity index is 284. The van der Waals surface area contributed by atoms with Crippen molar-refractivity contribution < 1.29 is 0 Å². The molecule has 0 aliphatic carbocycles. The first kappa shape index (κ1) is 39.2. The summed E-state index contributed by atoms with van der Waals surface area (Å²) in [6.45, 7) is 28.7. The summed E-state index contributed by atoms with van der Waals surface area (Å²) in [7, 11) is 0. The minimum Gasteiger partial charge on any atom is -0.103 e. The third-order valence-electron chi connectivity index (χ3n) is 3.82. The second kappa shape index (κ2) is 56.5. The smallest absolute Gasteiger partial charge is 0.0353 e. The highest BCUT2D eigenvalue weighted by atomic mass is 13.9. The average Bonchev–Trinajstić information content (AvgIpc) is 2.78. The van der Waals surface area contributed by atoms with Crippen molar-refractivity contribution in [3.05, 3.63) is 63.3 Å². The lowest BCUT2D eigenvalue weighted by Crippen LogP contribution is -1.71. The summed E-state index contributed by atoms with van der Waals surface area (Å²) in [6, 6.07) is 0. The first-order valence-electron chi connectivity index (χ1n) is 12.6. The molecule has 0 rings (SSSR count). The lowest BCUT2D eigenvalue weighted by molar-refractivity contribution is 0.675. The Morgan fingerprint density at radius 2 is 0.700 bits per heavy atom. The van der Waals surface area contributed by atoms with Gasteiger partial charge in [0.25, 0.3) is 0 Å². The predicted molar refractivity (Wildman–Crippen MR) is 149 cm³/mol. The molecule has 0 aliphatic heterocycles. The fourth-order valence-corrected chi connectivity index (χ4v) is 1.81. The zero-order valence-corrected chi connectivity index (χ0v) is 22.0. The molecule has 0 radical (unpaired) electrons. The number of unbranched alkanes of at least 4 members (excludes halogenated alkanes) is 10. The molecule has 0 aromatic heterocycles. The molecule has 0 aliphatic rings. The van der Waals surface area contributed by atoms with Gasteiger partial charge in [0, 0.05) is 0 Å². The van der Waals surface area contributed by atoms with Crippen LogP contribution in [0, 0.1) is 0 Å². The summed E-state index contributed by atoms with van der Waals surface area (Å²) in [4.78, 5) is 0. The molecule has 0 atom stereocenters. The summed E-state index contributed by atoms with van der Waals surface area (Å²) in [5.41, 5.74) is 0. The lowest BCUT2D eigenvalue weighted by Gasteiger charge is -1.91. The predicted octanol–water partition coefficient (Wildman–Crippen LogP) is 11.8. The van der Waals surface area contributed by atoms with E-state index in [9.17, 15) is 0 Å². The first-order valence-corrected chi connectivity index (χ1v) is 12.6. The lowest BCUT2D eigenvalue weighted by atomic mass is 10.2. The molecule has 0 aromatic carbocycles. The van der Waals surface area contributed by atoms with Gasteiger partial charge in [-0.05, 0) is 44.9 Å². The molecule has 0 saturated carbocycles. The van der Waals surface area contributed by atoms with Gasteiger partial charge >= 0.3 is 0 Å². The van der Waals surface area contributed by atoms with Crippen LogP contribution < -0.4 is 0 Å². The van der Waals surface area contributed by atoms with E-state index < -0.39 is 0 Å². The van der Waals surface area contributed by atoms with E-state index in [4.69, 9.17) is 0 Å². The van der Waals surface area contributed by atoms with Crippen LogP contribution in [0.1, 0.15) is 131 Å². The van der Waals surface area contributed by atoms with Crippen LogP contribution >= 0.6 is 0 Å². The van der Waals surface area contributed by atoms with Crippen molar-refractivity contribution in [2.45, 2.75) is 131 Å². The Kier molecular flexibility index (Phi) is 73.8. The van der Waals surface area contributed by atoms with E-state index in [1.165, 1.54) is 83.5 Å². The van der Waals surface area contributed by atoms with Gasteiger partial charge in [0.1, 0.15) is 0 Å². The van der Waals surface area contributed by atoms with Crippen LogP contribution in [0.25, 0.3) is 0 Å². The van der Waals surface area contributed by atoms with Crippen molar-refractivity contribution in [1.82, 2.24) is 0 Å². The fraction of sp³-hybridized carbons (Fsp3) is 0.667. The molecule has 180 valence electrons. The summed E-state index contributed by atoms with van der Waals surface area (Å²) in [5, 5.41) is 0. The highest BCUT2D eigenvalue weighted by molar-refractivity contribution is 4.66. The minimum atomic E-state index is 1.08. The normalized spacial score (nSPS) is 8.17. The monoisotopic (exact) mass is 420 g/mol. The van der Waals surface area contributed by atoms with Crippen molar-refractivity contribution >= 4 is 0 Å². The maximum Gasteiger partial charge on any atom is -0.0353 e. The fourth-order valence-electron chi connectivity index (χ4n) is 1.81. The van der Waals surface area contributed by atoms with Gasteiger partial charge in [-0.3, -0.25) is 0 Å². The number of allylic oxidation sites excluding steroid dienone is 5. The standard InChI is InChI=1S/C8H16.C7H14.C6H12.C5H10.C4H8/c1-3-5-7-8-6-4-2;1-3-5-7-6-4-2;1-3-5-6-4-2;1-3-5-4-2;1-3-4-2/h3H,1,4-8H2,2H3;3H,1,4-7H2,2H3;3H,1,4-6H2,2H3;3H,1,4-5H2,2H3;3H,1,4H2,2H3. The molecule has 0 spiro atoms. The molecule has 0 nitrogen and oxygen atoms in total. The van der Waals surface area contributed by atoms with Crippen molar-refractivity contribution in [2.75, 3.05) is 0 Å². The first-order chi connectivity index (χ1) is 14.6. The Hall–Kier alpha value is -1.30. The highest BCUT2D eigenvalue weighted by Gasteiger charge is 1.81.